The number of nitrogens with zero attached hydrogens (tertiary/aromatic N) is 1. The van der Waals surface area contributed by atoms with E-state index in [-0.39, 0.29) is 0 Å². The predicted octanol–water partition coefficient (Wildman–Crippen LogP) is 1.06. The number of aliphatic hydroxyl groups is 1. The van der Waals surface area contributed by atoms with E-state index in [0.29, 0.717) is 24.2 Å². The molecule has 1 aliphatic carbocycles. The van der Waals surface area contributed by atoms with Gasteiger partial charge in [-0.25, -0.2) is 0 Å². The van der Waals surface area contributed by atoms with Crippen LogP contribution in [0, 0.1) is 11.8 Å². The highest BCUT2D eigenvalue weighted by Crippen LogP contribution is 2.24. The molecule has 2 fully saturated rings. The van der Waals surface area contributed by atoms with E-state index < -0.39 is 0 Å². The zero-order chi connectivity index (χ0) is 10.7. The van der Waals surface area contributed by atoms with Crippen LogP contribution in [0.25, 0.3) is 0 Å². The van der Waals surface area contributed by atoms with Crippen molar-refractivity contribution in [1.29, 1.82) is 0 Å². The van der Waals surface area contributed by atoms with Crippen molar-refractivity contribution >= 4 is 5.78 Å². The van der Waals surface area contributed by atoms with E-state index in [1.807, 2.05) is 0 Å². The van der Waals surface area contributed by atoms with Crippen molar-refractivity contribution in [3.8, 4) is 0 Å². The van der Waals surface area contributed by atoms with Gasteiger partial charge in [-0.15, -0.1) is 0 Å². The highest BCUT2D eigenvalue weighted by atomic mass is 16.3. The van der Waals surface area contributed by atoms with Crippen molar-refractivity contribution in [3.05, 3.63) is 0 Å². The molecule has 15 heavy (non-hydrogen) atoms. The van der Waals surface area contributed by atoms with E-state index in [4.69, 9.17) is 5.11 Å². The van der Waals surface area contributed by atoms with Crippen molar-refractivity contribution in [2.24, 2.45) is 11.8 Å². The van der Waals surface area contributed by atoms with Gasteiger partial charge in [0.1, 0.15) is 5.78 Å². The number of hydrogen-bond donors (Lipinski definition) is 1. The first kappa shape index (κ1) is 11.1. The van der Waals surface area contributed by atoms with Gasteiger partial charge < -0.3 is 10.0 Å². The molecule has 0 aromatic heterocycles. The molecule has 1 heterocycles. The Morgan fingerprint density at radius 3 is 2.53 bits per heavy atom. The maximum absolute atomic E-state index is 11.5. The Balaban J connectivity index is 1.74. The average molecular weight is 211 g/mol. The van der Waals surface area contributed by atoms with Gasteiger partial charge in [0.05, 0.1) is 0 Å². The lowest BCUT2D eigenvalue weighted by Gasteiger charge is -2.32. The summed E-state index contributed by atoms with van der Waals surface area (Å²) in [6, 6.07) is 0. The number of likely N-dealkylation sites (tertiary alicyclic amines) is 1. The summed E-state index contributed by atoms with van der Waals surface area (Å²) in [7, 11) is 0. The Kier molecular flexibility index (Phi) is 3.76. The third kappa shape index (κ3) is 2.79. The predicted molar refractivity (Wildman–Crippen MR) is 58.6 cm³/mol. The zero-order valence-corrected chi connectivity index (χ0v) is 9.32. The lowest BCUT2D eigenvalue weighted by molar-refractivity contribution is -0.121. The van der Waals surface area contributed by atoms with Crippen molar-refractivity contribution < 1.29 is 9.90 Å². The summed E-state index contributed by atoms with van der Waals surface area (Å²) >= 11 is 0. The van der Waals surface area contributed by atoms with Crippen molar-refractivity contribution in [1.82, 2.24) is 4.90 Å². The van der Waals surface area contributed by atoms with E-state index in [2.05, 4.69) is 4.90 Å². The molecule has 1 N–H and O–H groups in total. The summed E-state index contributed by atoms with van der Waals surface area (Å²) < 4.78 is 0. The molecule has 0 spiro atoms. The van der Waals surface area contributed by atoms with Gasteiger partial charge in [0.25, 0.3) is 0 Å². The number of ketones is 1. The molecule has 1 saturated heterocycles. The summed E-state index contributed by atoms with van der Waals surface area (Å²) in [5, 5.41) is 9.03. The van der Waals surface area contributed by atoms with Crippen LogP contribution >= 0.6 is 0 Å². The van der Waals surface area contributed by atoms with Gasteiger partial charge in [0, 0.05) is 25.5 Å². The largest absolute Gasteiger partial charge is 0.396 e. The summed E-state index contributed by atoms with van der Waals surface area (Å²) in [6.07, 6.45) is 5.18. The Morgan fingerprint density at radius 1 is 1.27 bits per heavy atom. The lowest BCUT2D eigenvalue weighted by Crippen LogP contribution is -2.38. The number of hydrogen-bond acceptors (Lipinski definition) is 3. The van der Waals surface area contributed by atoms with Gasteiger partial charge in [-0.1, -0.05) is 0 Å². The maximum Gasteiger partial charge on any atom is 0.137 e. The molecular formula is C12H21NO2. The summed E-state index contributed by atoms with van der Waals surface area (Å²) in [4.78, 5) is 13.9. The maximum atomic E-state index is 11.5. The van der Waals surface area contributed by atoms with Gasteiger partial charge in [-0.2, -0.15) is 0 Å². The molecule has 1 unspecified atom stereocenters. The summed E-state index contributed by atoms with van der Waals surface area (Å²) in [6.45, 7) is 3.43. The van der Waals surface area contributed by atoms with E-state index in [9.17, 15) is 4.79 Å². The van der Waals surface area contributed by atoms with Crippen molar-refractivity contribution in [2.75, 3.05) is 26.2 Å². The van der Waals surface area contributed by atoms with Gasteiger partial charge in [-0.3, -0.25) is 4.79 Å². The van der Waals surface area contributed by atoms with Crippen LogP contribution < -0.4 is 0 Å². The van der Waals surface area contributed by atoms with Crippen LogP contribution in [0.2, 0.25) is 0 Å². The molecule has 2 aliphatic rings. The van der Waals surface area contributed by atoms with Crippen LogP contribution in [-0.4, -0.2) is 42.0 Å². The molecule has 3 heteroatoms. The average Bonchev–Trinajstić information content (AvgIpc) is 2.66. The van der Waals surface area contributed by atoms with Gasteiger partial charge in [0.15, 0.2) is 0 Å². The number of Topliss-reactive ketones (excluding diaryl/α,β-unsaturated/α-hetero) is 1. The summed E-state index contributed by atoms with van der Waals surface area (Å²) in [5.74, 6) is 1.29. The third-order valence-electron chi connectivity index (χ3n) is 3.88. The molecule has 3 nitrogen and oxygen atoms in total. The first-order valence-electron chi connectivity index (χ1n) is 6.15. The van der Waals surface area contributed by atoms with Crippen LogP contribution in [0.1, 0.15) is 32.1 Å². The molecule has 2 rings (SSSR count). The number of rotatable bonds is 3. The standard InChI is InChI=1S/C12H21NO2/c14-9-10-4-6-13(7-5-10)8-11-2-1-3-12(11)15/h10-11,14H,1-9H2. The van der Waals surface area contributed by atoms with Crippen LogP contribution in [0.4, 0.5) is 0 Å². The number of carbonyl (C=O) groups is 1. The van der Waals surface area contributed by atoms with Gasteiger partial charge in [0.2, 0.25) is 0 Å². The van der Waals surface area contributed by atoms with Crippen molar-refractivity contribution in [3.63, 3.8) is 0 Å². The molecular weight excluding hydrogens is 190 g/mol. The molecule has 0 aromatic carbocycles. The Bertz CT molecular complexity index is 222. The number of piperidine rings is 1. The fourth-order valence-electron chi connectivity index (χ4n) is 2.74. The smallest absolute Gasteiger partial charge is 0.137 e. The molecule has 1 saturated carbocycles. The molecule has 1 aliphatic heterocycles. The lowest BCUT2D eigenvalue weighted by atomic mass is 9.96. The number of carbonyl (C=O) groups excluding carboxylic acids is 1. The second-order valence-electron chi connectivity index (χ2n) is 4.98. The minimum Gasteiger partial charge on any atom is -0.396 e. The Hall–Kier alpha value is -0.410. The fraction of sp³-hybridized carbons (Fsp3) is 0.917. The van der Waals surface area contributed by atoms with E-state index in [1.54, 1.807) is 0 Å². The van der Waals surface area contributed by atoms with Crippen LogP contribution in [0.15, 0.2) is 0 Å². The van der Waals surface area contributed by atoms with E-state index in [1.165, 1.54) is 0 Å². The first-order chi connectivity index (χ1) is 7.29. The monoisotopic (exact) mass is 211 g/mol. The van der Waals surface area contributed by atoms with E-state index >= 15 is 0 Å². The molecule has 0 aromatic rings. The highest BCUT2D eigenvalue weighted by Gasteiger charge is 2.28. The molecule has 1 atom stereocenters. The van der Waals surface area contributed by atoms with Gasteiger partial charge >= 0.3 is 0 Å². The molecule has 0 amide bonds. The minimum absolute atomic E-state index is 0.315. The normalized spacial score (nSPS) is 29.9. The molecule has 0 radical (unpaired) electrons. The minimum atomic E-state index is 0.315. The number of aliphatic hydroxyl groups excluding tert-OH is 1. The fourth-order valence-corrected chi connectivity index (χ4v) is 2.74. The zero-order valence-electron chi connectivity index (χ0n) is 9.32. The molecule has 86 valence electrons. The first-order valence-corrected chi connectivity index (χ1v) is 6.15. The highest BCUT2D eigenvalue weighted by molar-refractivity contribution is 5.83. The Labute approximate surface area is 91.5 Å². The van der Waals surface area contributed by atoms with E-state index in [0.717, 1.165) is 51.7 Å². The van der Waals surface area contributed by atoms with Crippen LogP contribution in [-0.2, 0) is 4.79 Å². The summed E-state index contributed by atoms with van der Waals surface area (Å²) in [5.41, 5.74) is 0. The third-order valence-corrected chi connectivity index (χ3v) is 3.88. The van der Waals surface area contributed by atoms with Crippen molar-refractivity contribution in [2.45, 2.75) is 32.1 Å². The SMILES string of the molecule is O=C1CCCC1CN1CCC(CO)CC1. The quantitative estimate of drug-likeness (QED) is 0.759. The second-order valence-corrected chi connectivity index (χ2v) is 4.98. The van der Waals surface area contributed by atoms with Crippen LogP contribution in [0.3, 0.4) is 0 Å². The Morgan fingerprint density at radius 2 is 2.00 bits per heavy atom. The topological polar surface area (TPSA) is 40.5 Å². The van der Waals surface area contributed by atoms with Gasteiger partial charge in [-0.05, 0) is 44.7 Å². The molecule has 0 bridgehead atoms. The van der Waals surface area contributed by atoms with Crippen LogP contribution in [0.5, 0.6) is 0 Å². The second kappa shape index (κ2) is 5.08.